The quantitative estimate of drug-likeness (QED) is 0.730. The van der Waals surface area contributed by atoms with Gasteiger partial charge in [0.25, 0.3) is 0 Å². The van der Waals surface area contributed by atoms with Gasteiger partial charge in [-0.05, 0) is 39.0 Å². The van der Waals surface area contributed by atoms with Crippen molar-refractivity contribution in [3.05, 3.63) is 34.9 Å². The summed E-state index contributed by atoms with van der Waals surface area (Å²) in [6, 6.07) is 7.63. The predicted molar refractivity (Wildman–Crippen MR) is 71.3 cm³/mol. The van der Waals surface area contributed by atoms with Gasteiger partial charge in [0, 0.05) is 16.1 Å². The Morgan fingerprint density at radius 2 is 2.00 bits per heavy atom. The minimum Gasteiger partial charge on any atom is -0.443 e. The van der Waals surface area contributed by atoms with Crippen molar-refractivity contribution in [2.75, 3.05) is 0 Å². The Morgan fingerprint density at radius 1 is 1.29 bits per heavy atom. The first-order valence-electron chi connectivity index (χ1n) is 5.37. The van der Waals surface area contributed by atoms with Crippen LogP contribution in [0, 0.1) is 0 Å². The Hall–Kier alpha value is -1.29. The van der Waals surface area contributed by atoms with Crippen molar-refractivity contribution in [3.63, 3.8) is 0 Å². The van der Waals surface area contributed by atoms with Gasteiger partial charge in [0.2, 0.25) is 0 Å². The summed E-state index contributed by atoms with van der Waals surface area (Å²) in [6.45, 7) is 5.56. The predicted octanol–water partition coefficient (Wildman–Crippen LogP) is 4.19. The molecule has 2 aromatic rings. The number of halogens is 1. The number of carbonyl (C=O) groups excluding carboxylic acids is 1. The van der Waals surface area contributed by atoms with Crippen LogP contribution in [-0.2, 0) is 4.74 Å². The fourth-order valence-corrected chi connectivity index (χ4v) is 2.09. The van der Waals surface area contributed by atoms with Gasteiger partial charge in [0.1, 0.15) is 5.60 Å². The fourth-order valence-electron chi connectivity index (χ4n) is 1.60. The molecule has 3 nitrogen and oxygen atoms in total. The van der Waals surface area contributed by atoms with E-state index in [0.717, 1.165) is 15.4 Å². The van der Waals surface area contributed by atoms with Crippen LogP contribution in [-0.4, -0.2) is 16.3 Å². The fraction of sp³-hybridized carbons (Fsp3) is 0.308. The number of carbonyl (C=O) groups is 1. The van der Waals surface area contributed by atoms with Crippen LogP contribution >= 0.6 is 15.9 Å². The van der Waals surface area contributed by atoms with Crippen LogP contribution in [0.4, 0.5) is 4.79 Å². The van der Waals surface area contributed by atoms with Crippen molar-refractivity contribution in [2.45, 2.75) is 26.4 Å². The lowest BCUT2D eigenvalue weighted by Crippen LogP contribution is -2.26. The summed E-state index contributed by atoms with van der Waals surface area (Å²) in [6.07, 6.45) is 1.37. The molecule has 17 heavy (non-hydrogen) atoms. The van der Waals surface area contributed by atoms with Gasteiger partial charge in [-0.2, -0.15) is 0 Å². The number of rotatable bonds is 0. The summed E-state index contributed by atoms with van der Waals surface area (Å²) in [5.74, 6) is 0. The molecule has 0 aliphatic carbocycles. The smallest absolute Gasteiger partial charge is 0.418 e. The van der Waals surface area contributed by atoms with Crippen LogP contribution in [0.15, 0.2) is 34.9 Å². The molecule has 0 N–H and O–H groups in total. The van der Waals surface area contributed by atoms with E-state index in [-0.39, 0.29) is 6.09 Å². The third kappa shape index (κ3) is 2.52. The highest BCUT2D eigenvalue weighted by Crippen LogP contribution is 2.25. The maximum Gasteiger partial charge on any atom is 0.418 e. The second-order valence-corrected chi connectivity index (χ2v) is 5.69. The first-order chi connectivity index (χ1) is 7.88. The molecule has 1 aromatic heterocycles. The first kappa shape index (κ1) is 12.2. The maximum absolute atomic E-state index is 12.0. The molecular weight excluding hydrogens is 282 g/mol. The van der Waals surface area contributed by atoms with Crippen LogP contribution in [0.1, 0.15) is 20.8 Å². The molecule has 0 atom stereocenters. The lowest BCUT2D eigenvalue weighted by Gasteiger charge is -2.19. The third-order valence-electron chi connectivity index (χ3n) is 2.27. The Labute approximate surface area is 108 Å². The van der Waals surface area contributed by atoms with Crippen LogP contribution < -0.4 is 0 Å². The van der Waals surface area contributed by atoms with E-state index in [0.29, 0.717) is 0 Å². The van der Waals surface area contributed by atoms with E-state index >= 15 is 0 Å². The molecular formula is C13H14BrNO2. The van der Waals surface area contributed by atoms with Crippen LogP contribution in [0.3, 0.4) is 0 Å². The van der Waals surface area contributed by atoms with Gasteiger partial charge in [-0.15, -0.1) is 0 Å². The van der Waals surface area contributed by atoms with Crippen molar-refractivity contribution in [1.29, 1.82) is 0 Å². The Balaban J connectivity index is 2.43. The Bertz CT molecular complexity index is 566. The maximum atomic E-state index is 12.0. The van der Waals surface area contributed by atoms with Crippen molar-refractivity contribution in [3.8, 4) is 0 Å². The molecule has 0 spiro atoms. The summed E-state index contributed by atoms with van der Waals surface area (Å²) in [5, 5.41) is 0.998. The van der Waals surface area contributed by atoms with E-state index in [1.54, 1.807) is 6.20 Å². The van der Waals surface area contributed by atoms with Gasteiger partial charge in [0.15, 0.2) is 0 Å². The van der Waals surface area contributed by atoms with Crippen molar-refractivity contribution >= 4 is 32.9 Å². The zero-order chi connectivity index (χ0) is 12.6. The van der Waals surface area contributed by atoms with Crippen molar-refractivity contribution in [1.82, 2.24) is 4.57 Å². The highest BCUT2D eigenvalue weighted by atomic mass is 79.9. The molecule has 90 valence electrons. The highest BCUT2D eigenvalue weighted by molar-refractivity contribution is 9.10. The lowest BCUT2D eigenvalue weighted by molar-refractivity contribution is 0.0544. The number of ether oxygens (including phenoxy) is 1. The molecule has 0 radical (unpaired) electrons. The minimum absolute atomic E-state index is 0.356. The third-order valence-corrected chi connectivity index (χ3v) is 2.96. The monoisotopic (exact) mass is 295 g/mol. The average molecular weight is 296 g/mol. The second kappa shape index (κ2) is 4.18. The van der Waals surface area contributed by atoms with Gasteiger partial charge in [-0.1, -0.05) is 22.0 Å². The highest BCUT2D eigenvalue weighted by Gasteiger charge is 2.19. The average Bonchev–Trinajstić information content (AvgIpc) is 2.60. The molecule has 0 saturated heterocycles. The number of aromatic nitrogens is 1. The van der Waals surface area contributed by atoms with Crippen LogP contribution in [0.5, 0.6) is 0 Å². The number of hydrogen-bond acceptors (Lipinski definition) is 2. The molecule has 2 rings (SSSR count). The Morgan fingerprint density at radius 3 is 2.65 bits per heavy atom. The van der Waals surface area contributed by atoms with E-state index in [1.807, 2.05) is 45.0 Å². The normalized spacial score (nSPS) is 11.8. The topological polar surface area (TPSA) is 31.2 Å². The summed E-state index contributed by atoms with van der Waals surface area (Å²) < 4.78 is 7.83. The van der Waals surface area contributed by atoms with Gasteiger partial charge < -0.3 is 4.74 Å². The van der Waals surface area contributed by atoms with E-state index in [9.17, 15) is 4.79 Å². The summed E-state index contributed by atoms with van der Waals surface area (Å²) in [7, 11) is 0. The van der Waals surface area contributed by atoms with Crippen LogP contribution in [0.25, 0.3) is 10.9 Å². The molecule has 1 aromatic carbocycles. The van der Waals surface area contributed by atoms with Gasteiger partial charge >= 0.3 is 6.09 Å². The molecule has 0 fully saturated rings. The molecule has 0 amide bonds. The number of benzene rings is 1. The van der Waals surface area contributed by atoms with Crippen molar-refractivity contribution < 1.29 is 9.53 Å². The van der Waals surface area contributed by atoms with Gasteiger partial charge in [-0.3, -0.25) is 4.57 Å². The zero-order valence-electron chi connectivity index (χ0n) is 10.0. The molecule has 0 saturated carbocycles. The number of fused-ring (bicyclic) bond motifs is 1. The zero-order valence-corrected chi connectivity index (χ0v) is 11.6. The van der Waals surface area contributed by atoms with Gasteiger partial charge in [0.05, 0.1) is 5.52 Å². The summed E-state index contributed by atoms with van der Waals surface area (Å²) in [4.78, 5) is 12.0. The number of hydrogen-bond donors (Lipinski definition) is 0. The molecule has 0 bridgehead atoms. The molecule has 1 heterocycles. The van der Waals surface area contributed by atoms with Gasteiger partial charge in [-0.25, -0.2) is 4.79 Å². The summed E-state index contributed by atoms with van der Waals surface area (Å²) >= 11 is 3.46. The number of nitrogens with zero attached hydrogens (tertiary/aromatic N) is 1. The van der Waals surface area contributed by atoms with E-state index in [2.05, 4.69) is 15.9 Å². The minimum atomic E-state index is -0.486. The largest absolute Gasteiger partial charge is 0.443 e. The molecule has 0 aliphatic rings. The molecule has 0 aliphatic heterocycles. The van der Waals surface area contributed by atoms with E-state index < -0.39 is 5.60 Å². The van der Waals surface area contributed by atoms with E-state index in [1.165, 1.54) is 4.57 Å². The standard InChI is InChI=1S/C13H14BrNO2/c1-13(2,3)17-12(16)15-8-7-9-10(14)5-4-6-11(9)15/h4-8H,1-3H3. The van der Waals surface area contributed by atoms with Crippen molar-refractivity contribution in [2.24, 2.45) is 0 Å². The molecule has 4 heteroatoms. The second-order valence-electron chi connectivity index (χ2n) is 4.84. The Kier molecular flexibility index (Phi) is 3.00. The SMILES string of the molecule is CC(C)(C)OC(=O)n1ccc2c(Br)cccc21. The summed E-state index contributed by atoms with van der Waals surface area (Å²) in [5.41, 5.74) is 0.355. The first-order valence-corrected chi connectivity index (χ1v) is 6.17. The molecule has 0 unspecified atom stereocenters. The van der Waals surface area contributed by atoms with Crippen LogP contribution in [0.2, 0.25) is 0 Å². The van der Waals surface area contributed by atoms with E-state index in [4.69, 9.17) is 4.74 Å². The lowest BCUT2D eigenvalue weighted by atomic mass is 10.2.